The lowest BCUT2D eigenvalue weighted by atomic mass is 10.1. The molecule has 0 aromatic heterocycles. The number of halogens is 3. The van der Waals surface area contributed by atoms with Crippen LogP contribution in [0.4, 0.5) is 13.2 Å². The average Bonchev–Trinajstić information content (AvgIpc) is 2.53. The summed E-state index contributed by atoms with van der Waals surface area (Å²) in [5.74, 6) is -0.667. The van der Waals surface area contributed by atoms with Crippen LogP contribution in [0.2, 0.25) is 0 Å². The SMILES string of the molecule is CC(C(=O)NCC(F)(F)F)N1CCC(C)(O)C1. The largest absolute Gasteiger partial charge is 0.405 e. The number of aliphatic hydroxyl groups is 1. The number of hydrogen-bond donors (Lipinski definition) is 2. The second-order valence-electron chi connectivity index (χ2n) is 4.73. The first kappa shape index (κ1) is 14.2. The van der Waals surface area contributed by atoms with Crippen LogP contribution in [-0.4, -0.2) is 53.4 Å². The number of carbonyl (C=O) groups is 1. The van der Waals surface area contributed by atoms with Crippen molar-refractivity contribution >= 4 is 5.91 Å². The highest BCUT2D eigenvalue weighted by molar-refractivity contribution is 5.81. The van der Waals surface area contributed by atoms with Crippen molar-refractivity contribution in [3.05, 3.63) is 0 Å². The van der Waals surface area contributed by atoms with Gasteiger partial charge in [0, 0.05) is 13.1 Å². The van der Waals surface area contributed by atoms with Crippen molar-refractivity contribution in [3.8, 4) is 0 Å². The van der Waals surface area contributed by atoms with Gasteiger partial charge in [-0.3, -0.25) is 9.69 Å². The first-order valence-electron chi connectivity index (χ1n) is 5.42. The van der Waals surface area contributed by atoms with Crippen LogP contribution in [0.1, 0.15) is 20.3 Å². The molecule has 17 heavy (non-hydrogen) atoms. The molecular weight excluding hydrogens is 237 g/mol. The van der Waals surface area contributed by atoms with E-state index in [0.29, 0.717) is 19.5 Å². The minimum atomic E-state index is -4.40. The van der Waals surface area contributed by atoms with E-state index in [-0.39, 0.29) is 0 Å². The van der Waals surface area contributed by atoms with Crippen LogP contribution in [0.5, 0.6) is 0 Å². The molecule has 0 saturated carbocycles. The van der Waals surface area contributed by atoms with Crippen molar-refractivity contribution in [2.75, 3.05) is 19.6 Å². The van der Waals surface area contributed by atoms with Crippen LogP contribution in [-0.2, 0) is 4.79 Å². The molecule has 1 aliphatic heterocycles. The van der Waals surface area contributed by atoms with Gasteiger partial charge in [0.1, 0.15) is 6.54 Å². The lowest BCUT2D eigenvalue weighted by Gasteiger charge is -2.24. The maximum atomic E-state index is 11.9. The van der Waals surface area contributed by atoms with E-state index in [2.05, 4.69) is 0 Å². The van der Waals surface area contributed by atoms with Crippen molar-refractivity contribution < 1.29 is 23.1 Å². The molecule has 0 radical (unpaired) electrons. The number of likely N-dealkylation sites (tertiary alicyclic amines) is 1. The summed E-state index contributed by atoms with van der Waals surface area (Å²) in [6.45, 7) is 2.67. The second-order valence-corrected chi connectivity index (χ2v) is 4.73. The topological polar surface area (TPSA) is 52.6 Å². The van der Waals surface area contributed by atoms with E-state index in [0.717, 1.165) is 0 Å². The molecule has 2 unspecified atom stereocenters. The molecule has 0 bridgehead atoms. The van der Waals surface area contributed by atoms with Crippen molar-refractivity contribution in [3.63, 3.8) is 0 Å². The molecule has 4 nitrogen and oxygen atoms in total. The van der Waals surface area contributed by atoms with Crippen molar-refractivity contribution in [2.45, 2.75) is 38.1 Å². The Bertz CT molecular complexity index is 292. The molecule has 1 heterocycles. The number of amides is 1. The van der Waals surface area contributed by atoms with Gasteiger partial charge in [0.05, 0.1) is 11.6 Å². The second kappa shape index (κ2) is 4.81. The first-order valence-corrected chi connectivity index (χ1v) is 5.42. The van der Waals surface area contributed by atoms with Crippen LogP contribution >= 0.6 is 0 Å². The monoisotopic (exact) mass is 254 g/mol. The van der Waals surface area contributed by atoms with E-state index in [4.69, 9.17) is 0 Å². The summed E-state index contributed by atoms with van der Waals surface area (Å²) in [6.07, 6.45) is -3.88. The van der Waals surface area contributed by atoms with Crippen LogP contribution < -0.4 is 5.32 Å². The van der Waals surface area contributed by atoms with Gasteiger partial charge in [-0.05, 0) is 20.3 Å². The van der Waals surface area contributed by atoms with E-state index in [1.807, 2.05) is 5.32 Å². The molecular formula is C10H17F3N2O2. The molecule has 0 aromatic carbocycles. The number of hydrogen-bond acceptors (Lipinski definition) is 3. The third-order valence-corrected chi connectivity index (χ3v) is 2.87. The molecule has 1 rings (SSSR count). The Hall–Kier alpha value is -0.820. The van der Waals surface area contributed by atoms with Crippen LogP contribution in [0.15, 0.2) is 0 Å². The van der Waals surface area contributed by atoms with E-state index in [1.165, 1.54) is 6.92 Å². The summed E-state index contributed by atoms with van der Waals surface area (Å²) in [5.41, 5.74) is -0.863. The fourth-order valence-corrected chi connectivity index (χ4v) is 1.81. The minimum absolute atomic E-state index is 0.299. The Morgan fingerprint density at radius 3 is 2.59 bits per heavy atom. The van der Waals surface area contributed by atoms with Gasteiger partial charge < -0.3 is 10.4 Å². The molecule has 2 atom stereocenters. The molecule has 0 aromatic rings. The smallest absolute Gasteiger partial charge is 0.389 e. The van der Waals surface area contributed by atoms with Gasteiger partial charge >= 0.3 is 6.18 Å². The van der Waals surface area contributed by atoms with Gasteiger partial charge in [-0.1, -0.05) is 0 Å². The first-order chi connectivity index (χ1) is 7.61. The average molecular weight is 254 g/mol. The molecule has 100 valence electrons. The zero-order valence-corrected chi connectivity index (χ0v) is 9.84. The van der Waals surface area contributed by atoms with Crippen LogP contribution in [0, 0.1) is 0 Å². The summed E-state index contributed by atoms with van der Waals surface area (Å²) in [6, 6.07) is -0.661. The quantitative estimate of drug-likeness (QED) is 0.771. The predicted molar refractivity (Wildman–Crippen MR) is 55.3 cm³/mol. The molecule has 1 aliphatic rings. The summed E-state index contributed by atoms with van der Waals surface area (Å²) >= 11 is 0. The van der Waals surface area contributed by atoms with E-state index >= 15 is 0 Å². The van der Waals surface area contributed by atoms with Gasteiger partial charge in [0.2, 0.25) is 5.91 Å². The van der Waals surface area contributed by atoms with E-state index in [9.17, 15) is 23.1 Å². The zero-order valence-electron chi connectivity index (χ0n) is 9.84. The van der Waals surface area contributed by atoms with Gasteiger partial charge in [-0.2, -0.15) is 13.2 Å². The fourth-order valence-electron chi connectivity index (χ4n) is 1.81. The number of nitrogens with zero attached hydrogens (tertiary/aromatic N) is 1. The van der Waals surface area contributed by atoms with Crippen LogP contribution in [0.3, 0.4) is 0 Å². The van der Waals surface area contributed by atoms with Gasteiger partial charge in [0.25, 0.3) is 0 Å². The Balaban J connectivity index is 2.43. The van der Waals surface area contributed by atoms with Crippen molar-refractivity contribution in [1.29, 1.82) is 0 Å². The molecule has 7 heteroatoms. The fraction of sp³-hybridized carbons (Fsp3) is 0.900. The van der Waals surface area contributed by atoms with Crippen molar-refractivity contribution in [1.82, 2.24) is 10.2 Å². The minimum Gasteiger partial charge on any atom is -0.389 e. The number of carbonyl (C=O) groups excluding carboxylic acids is 1. The normalized spacial score (nSPS) is 28.1. The van der Waals surface area contributed by atoms with Gasteiger partial charge in [0.15, 0.2) is 0 Å². The number of alkyl halides is 3. The Morgan fingerprint density at radius 1 is 1.59 bits per heavy atom. The number of nitrogens with one attached hydrogen (secondary N) is 1. The molecule has 0 aliphatic carbocycles. The van der Waals surface area contributed by atoms with Gasteiger partial charge in [-0.15, -0.1) is 0 Å². The summed E-state index contributed by atoms with van der Waals surface area (Å²) in [7, 11) is 0. The Labute approximate surface area is 97.8 Å². The number of rotatable bonds is 3. The third-order valence-electron chi connectivity index (χ3n) is 2.87. The van der Waals surface area contributed by atoms with Crippen LogP contribution in [0.25, 0.3) is 0 Å². The summed E-state index contributed by atoms with van der Waals surface area (Å²) < 4.78 is 35.7. The lowest BCUT2D eigenvalue weighted by molar-refractivity contribution is -0.141. The molecule has 1 saturated heterocycles. The maximum absolute atomic E-state index is 11.9. The Morgan fingerprint density at radius 2 is 2.18 bits per heavy atom. The van der Waals surface area contributed by atoms with E-state index < -0.39 is 30.3 Å². The lowest BCUT2D eigenvalue weighted by Crippen LogP contribution is -2.47. The standard InChI is InChI=1S/C10H17F3N2O2/c1-7(8(16)14-5-10(11,12)13)15-4-3-9(2,17)6-15/h7,17H,3-6H2,1-2H3,(H,14,16). The van der Waals surface area contributed by atoms with Gasteiger partial charge in [-0.25, -0.2) is 0 Å². The number of β-amino-alcohol motifs (C(OH)–C–C–N with tert-alkyl or cyclic N) is 1. The highest BCUT2D eigenvalue weighted by Gasteiger charge is 2.36. The zero-order chi connectivity index (χ0) is 13.3. The maximum Gasteiger partial charge on any atom is 0.405 e. The molecule has 0 spiro atoms. The predicted octanol–water partition coefficient (Wildman–Crippen LogP) is 0.510. The van der Waals surface area contributed by atoms with E-state index in [1.54, 1.807) is 11.8 Å². The highest BCUT2D eigenvalue weighted by Crippen LogP contribution is 2.22. The van der Waals surface area contributed by atoms with Crippen molar-refractivity contribution in [2.24, 2.45) is 0 Å². The molecule has 2 N–H and O–H groups in total. The highest BCUT2D eigenvalue weighted by atomic mass is 19.4. The summed E-state index contributed by atoms with van der Waals surface area (Å²) in [5, 5.41) is 11.5. The molecule has 1 fully saturated rings. The Kier molecular flexibility index (Phi) is 4.03. The molecule has 1 amide bonds. The third kappa shape index (κ3) is 4.51. The summed E-state index contributed by atoms with van der Waals surface area (Å²) in [4.78, 5) is 13.1.